The molecule has 1 aliphatic rings. The number of ether oxygens (including phenoxy) is 2. The third kappa shape index (κ3) is 3.48. The molecule has 0 saturated heterocycles. The van der Waals surface area contributed by atoms with Crippen molar-refractivity contribution in [2.24, 2.45) is 7.05 Å². The third-order valence-corrected chi connectivity index (χ3v) is 4.24. The van der Waals surface area contributed by atoms with E-state index in [1.807, 2.05) is 17.8 Å². The molecule has 0 unspecified atom stereocenters. The summed E-state index contributed by atoms with van der Waals surface area (Å²) in [6, 6.07) is 6.19. The van der Waals surface area contributed by atoms with Gasteiger partial charge in [0.15, 0.2) is 11.5 Å². The summed E-state index contributed by atoms with van der Waals surface area (Å²) in [5, 5.41) is 8.05. The Morgan fingerprint density at radius 3 is 2.71 bits per heavy atom. The molecule has 0 saturated carbocycles. The van der Waals surface area contributed by atoms with Crippen LogP contribution in [0.3, 0.4) is 0 Å². The second kappa shape index (κ2) is 7.13. The summed E-state index contributed by atoms with van der Waals surface area (Å²) in [6.45, 7) is 5.04. The molecule has 1 aliphatic heterocycles. The van der Waals surface area contributed by atoms with Crippen molar-refractivity contribution in [1.82, 2.24) is 15.1 Å². The van der Waals surface area contributed by atoms with Gasteiger partial charge in [-0.2, -0.15) is 5.10 Å². The normalized spacial score (nSPS) is 13.2. The fourth-order valence-electron chi connectivity index (χ4n) is 3.15. The van der Waals surface area contributed by atoms with Crippen LogP contribution < -0.4 is 19.7 Å². The van der Waals surface area contributed by atoms with Crippen LogP contribution in [0.25, 0.3) is 0 Å². The Hall–Kier alpha value is -2.21. The lowest BCUT2D eigenvalue weighted by Crippen LogP contribution is -2.21. The summed E-state index contributed by atoms with van der Waals surface area (Å²) in [4.78, 5) is 2.11. The minimum atomic E-state index is 0.627. The molecule has 6 nitrogen and oxygen atoms in total. The number of anilines is 1. The number of nitrogens with zero attached hydrogens (tertiary/aromatic N) is 3. The first-order chi connectivity index (χ1) is 11.6. The summed E-state index contributed by atoms with van der Waals surface area (Å²) in [5.74, 6) is 2.86. The van der Waals surface area contributed by atoms with Gasteiger partial charge >= 0.3 is 0 Å². The molecule has 0 amide bonds. The van der Waals surface area contributed by atoms with Crippen molar-refractivity contribution in [3.63, 3.8) is 0 Å². The van der Waals surface area contributed by atoms with Crippen LogP contribution in [-0.4, -0.2) is 43.6 Å². The molecule has 24 heavy (non-hydrogen) atoms. The Labute approximate surface area is 143 Å². The second-order valence-electron chi connectivity index (χ2n) is 6.31. The monoisotopic (exact) mass is 330 g/mol. The van der Waals surface area contributed by atoms with Crippen LogP contribution in [0.1, 0.15) is 16.8 Å². The van der Waals surface area contributed by atoms with Crippen LogP contribution >= 0.6 is 0 Å². The molecule has 2 aromatic rings. The van der Waals surface area contributed by atoms with Crippen LogP contribution in [0.15, 0.2) is 18.2 Å². The minimum Gasteiger partial charge on any atom is -0.486 e. The van der Waals surface area contributed by atoms with Crippen LogP contribution in [0.5, 0.6) is 11.5 Å². The molecule has 1 aromatic heterocycles. The quantitative estimate of drug-likeness (QED) is 0.820. The van der Waals surface area contributed by atoms with Crippen molar-refractivity contribution in [3.05, 3.63) is 35.0 Å². The van der Waals surface area contributed by atoms with E-state index in [-0.39, 0.29) is 0 Å². The number of aryl methyl sites for hydroxylation is 2. The Morgan fingerprint density at radius 2 is 1.96 bits per heavy atom. The molecule has 6 heteroatoms. The molecular formula is C18H26N4O2. The summed E-state index contributed by atoms with van der Waals surface area (Å²) in [6.07, 6.45) is 0.952. The van der Waals surface area contributed by atoms with Crippen molar-refractivity contribution in [2.75, 3.05) is 38.8 Å². The molecule has 0 fully saturated rings. The van der Waals surface area contributed by atoms with E-state index in [0.29, 0.717) is 13.2 Å². The number of fused-ring (bicyclic) bond motifs is 1. The summed E-state index contributed by atoms with van der Waals surface area (Å²) < 4.78 is 13.1. The van der Waals surface area contributed by atoms with Crippen LogP contribution in [0.4, 0.5) is 5.82 Å². The fourth-order valence-corrected chi connectivity index (χ4v) is 3.15. The van der Waals surface area contributed by atoms with Gasteiger partial charge in [0, 0.05) is 33.3 Å². The van der Waals surface area contributed by atoms with E-state index in [9.17, 15) is 0 Å². The summed E-state index contributed by atoms with van der Waals surface area (Å²) >= 11 is 0. The molecular weight excluding hydrogens is 304 g/mol. The molecule has 0 spiro atoms. The van der Waals surface area contributed by atoms with E-state index in [1.54, 1.807) is 0 Å². The third-order valence-electron chi connectivity index (χ3n) is 4.24. The van der Waals surface area contributed by atoms with Crippen LogP contribution in [0.2, 0.25) is 0 Å². The molecule has 3 rings (SSSR count). The highest BCUT2D eigenvalue weighted by Crippen LogP contribution is 2.30. The molecule has 130 valence electrons. The van der Waals surface area contributed by atoms with Crippen molar-refractivity contribution in [1.29, 1.82) is 0 Å². The van der Waals surface area contributed by atoms with E-state index in [1.165, 1.54) is 11.1 Å². The van der Waals surface area contributed by atoms with Gasteiger partial charge in [-0.15, -0.1) is 0 Å². The first-order valence-electron chi connectivity index (χ1n) is 8.35. The number of rotatable bonds is 6. The highest BCUT2D eigenvalue weighted by Gasteiger charge is 2.14. The van der Waals surface area contributed by atoms with Gasteiger partial charge in [-0.1, -0.05) is 6.07 Å². The zero-order valence-corrected chi connectivity index (χ0v) is 14.9. The van der Waals surface area contributed by atoms with Gasteiger partial charge in [0.25, 0.3) is 0 Å². The zero-order valence-electron chi connectivity index (χ0n) is 14.9. The largest absolute Gasteiger partial charge is 0.486 e. The number of aromatic nitrogens is 2. The molecule has 0 radical (unpaired) electrons. The van der Waals surface area contributed by atoms with E-state index in [4.69, 9.17) is 9.47 Å². The first-order valence-corrected chi connectivity index (χ1v) is 8.35. The van der Waals surface area contributed by atoms with Crippen molar-refractivity contribution >= 4 is 5.82 Å². The lowest BCUT2D eigenvalue weighted by molar-refractivity contribution is 0.171. The fraction of sp³-hybridized carbons (Fsp3) is 0.500. The van der Waals surface area contributed by atoms with Gasteiger partial charge in [-0.25, -0.2) is 0 Å². The second-order valence-corrected chi connectivity index (χ2v) is 6.31. The lowest BCUT2D eigenvalue weighted by atomic mass is 10.1. The highest BCUT2D eigenvalue weighted by molar-refractivity contribution is 5.49. The van der Waals surface area contributed by atoms with E-state index in [0.717, 1.165) is 42.5 Å². The van der Waals surface area contributed by atoms with Crippen molar-refractivity contribution in [2.45, 2.75) is 19.9 Å². The summed E-state index contributed by atoms with van der Waals surface area (Å²) in [7, 11) is 6.09. The molecule has 0 atom stereocenters. The minimum absolute atomic E-state index is 0.627. The Morgan fingerprint density at radius 1 is 1.21 bits per heavy atom. The smallest absolute Gasteiger partial charge is 0.161 e. The predicted molar refractivity (Wildman–Crippen MR) is 95.1 cm³/mol. The average molecular weight is 330 g/mol. The van der Waals surface area contributed by atoms with E-state index < -0.39 is 0 Å². The number of benzene rings is 1. The summed E-state index contributed by atoms with van der Waals surface area (Å²) in [5.41, 5.74) is 3.58. The average Bonchev–Trinajstić information content (AvgIpc) is 2.85. The molecule has 1 N–H and O–H groups in total. The number of nitrogens with one attached hydrogen (secondary N) is 1. The maximum atomic E-state index is 5.64. The molecule has 2 heterocycles. The van der Waals surface area contributed by atoms with Gasteiger partial charge in [-0.05, 0) is 37.6 Å². The molecule has 1 aromatic carbocycles. The van der Waals surface area contributed by atoms with Gasteiger partial charge in [0.2, 0.25) is 0 Å². The molecule has 0 aliphatic carbocycles. The number of hydrogen-bond acceptors (Lipinski definition) is 5. The lowest BCUT2D eigenvalue weighted by Gasteiger charge is -2.19. The molecule has 0 bridgehead atoms. The SMILES string of the molecule is Cc1nn(C)c(N(C)C)c1CNCCc1ccc2c(c1)OCCO2. The van der Waals surface area contributed by atoms with Gasteiger partial charge < -0.3 is 19.7 Å². The highest BCUT2D eigenvalue weighted by atomic mass is 16.6. The van der Waals surface area contributed by atoms with Gasteiger partial charge in [-0.3, -0.25) is 4.68 Å². The standard InChI is InChI=1S/C18H26N4O2/c1-13-15(18(21(2)3)22(4)20-13)12-19-8-7-14-5-6-16-17(11-14)24-10-9-23-16/h5-6,11,19H,7-10,12H2,1-4H3. The van der Waals surface area contributed by atoms with Crippen molar-refractivity contribution < 1.29 is 9.47 Å². The van der Waals surface area contributed by atoms with E-state index >= 15 is 0 Å². The predicted octanol–water partition coefficient (Wildman–Crippen LogP) is 1.90. The maximum Gasteiger partial charge on any atom is 0.161 e. The Kier molecular flexibility index (Phi) is 4.94. The maximum absolute atomic E-state index is 5.64. The Bertz CT molecular complexity index is 709. The van der Waals surface area contributed by atoms with Crippen molar-refractivity contribution in [3.8, 4) is 11.5 Å². The van der Waals surface area contributed by atoms with E-state index in [2.05, 4.69) is 48.5 Å². The topological polar surface area (TPSA) is 51.6 Å². The van der Waals surface area contributed by atoms with Gasteiger partial charge in [0.1, 0.15) is 19.0 Å². The Balaban J connectivity index is 1.56. The van der Waals surface area contributed by atoms with Gasteiger partial charge in [0.05, 0.1) is 5.69 Å². The zero-order chi connectivity index (χ0) is 17.1. The first kappa shape index (κ1) is 16.6. The number of hydrogen-bond donors (Lipinski definition) is 1. The van der Waals surface area contributed by atoms with Crippen LogP contribution in [-0.2, 0) is 20.0 Å². The van der Waals surface area contributed by atoms with Crippen LogP contribution in [0, 0.1) is 6.92 Å².